The zero-order valence-electron chi connectivity index (χ0n) is 5.84. The highest BCUT2D eigenvalue weighted by Gasteiger charge is 2.05. The third-order valence-electron chi connectivity index (χ3n) is 1.43. The van der Waals surface area contributed by atoms with Gasteiger partial charge in [0.15, 0.2) is 5.13 Å². The number of anilines is 1. The fourth-order valence-electron chi connectivity index (χ4n) is 0.977. The number of benzene rings is 1. The van der Waals surface area contributed by atoms with Gasteiger partial charge in [-0.05, 0) is 28.1 Å². The van der Waals surface area contributed by atoms with Crippen molar-refractivity contribution < 1.29 is 0 Å². The van der Waals surface area contributed by atoms with Crippen molar-refractivity contribution >= 4 is 58.5 Å². The molecule has 0 amide bonds. The largest absolute Gasteiger partial charge is 0.375 e. The third kappa shape index (κ3) is 1.36. The molecule has 1 aromatic heterocycles. The minimum Gasteiger partial charge on any atom is -0.375 e. The summed E-state index contributed by atoms with van der Waals surface area (Å²) >= 11 is 8.32. The summed E-state index contributed by atoms with van der Waals surface area (Å²) in [5.74, 6) is 0. The van der Waals surface area contributed by atoms with Gasteiger partial charge in [-0.2, -0.15) is 0 Å². The summed E-state index contributed by atoms with van der Waals surface area (Å²) in [7, 11) is 0. The first-order chi connectivity index (χ1) is 5.66. The number of nitrogens with two attached hydrogens (primary N) is 1. The van der Waals surface area contributed by atoms with Crippen molar-refractivity contribution in [3.8, 4) is 0 Å². The van der Waals surface area contributed by atoms with Crippen molar-refractivity contribution in [2.24, 2.45) is 0 Å². The molecule has 0 saturated carbocycles. The highest BCUT2D eigenvalue weighted by atomic mass is 79.9. The van der Waals surface area contributed by atoms with Crippen LogP contribution in [0.3, 0.4) is 0 Å². The van der Waals surface area contributed by atoms with E-state index in [0.717, 1.165) is 19.2 Å². The minimum atomic E-state index is 0.601. The van der Waals surface area contributed by atoms with Crippen molar-refractivity contribution in [2.45, 2.75) is 0 Å². The molecule has 0 bridgehead atoms. The van der Waals surface area contributed by atoms with Gasteiger partial charge in [0.1, 0.15) is 0 Å². The maximum absolute atomic E-state index is 5.58. The van der Waals surface area contributed by atoms with E-state index in [1.54, 1.807) is 0 Å². The van der Waals surface area contributed by atoms with E-state index < -0.39 is 0 Å². The van der Waals surface area contributed by atoms with Gasteiger partial charge in [0.2, 0.25) is 0 Å². The van der Waals surface area contributed by atoms with Crippen LogP contribution in [-0.2, 0) is 0 Å². The van der Waals surface area contributed by atoms with E-state index in [4.69, 9.17) is 5.73 Å². The molecule has 2 rings (SSSR count). The zero-order chi connectivity index (χ0) is 8.72. The fourth-order valence-corrected chi connectivity index (χ4v) is 3.14. The SMILES string of the molecule is Nc1nc2cc(Br)cc(Br)c2s1. The van der Waals surface area contributed by atoms with Crippen LogP contribution in [0.4, 0.5) is 5.13 Å². The predicted octanol–water partition coefficient (Wildman–Crippen LogP) is 3.40. The second kappa shape index (κ2) is 2.97. The smallest absolute Gasteiger partial charge is 0.181 e. The summed E-state index contributed by atoms with van der Waals surface area (Å²) in [5.41, 5.74) is 6.51. The molecule has 62 valence electrons. The molecule has 0 aliphatic rings. The quantitative estimate of drug-likeness (QED) is 0.810. The summed E-state index contributed by atoms with van der Waals surface area (Å²) in [6, 6.07) is 3.94. The van der Waals surface area contributed by atoms with Crippen LogP contribution in [0.2, 0.25) is 0 Å². The van der Waals surface area contributed by atoms with Gasteiger partial charge >= 0.3 is 0 Å². The highest BCUT2D eigenvalue weighted by molar-refractivity contribution is 9.11. The lowest BCUT2D eigenvalue weighted by Gasteiger charge is -1.92. The molecule has 0 saturated heterocycles. The van der Waals surface area contributed by atoms with E-state index in [9.17, 15) is 0 Å². The second-order valence-electron chi connectivity index (χ2n) is 2.29. The number of thiazole rings is 1. The highest BCUT2D eigenvalue weighted by Crippen LogP contribution is 2.33. The minimum absolute atomic E-state index is 0.601. The van der Waals surface area contributed by atoms with E-state index in [1.807, 2.05) is 12.1 Å². The second-order valence-corrected chi connectivity index (χ2v) is 5.09. The molecular weight excluding hydrogens is 304 g/mol. The average molecular weight is 308 g/mol. The Balaban J connectivity index is 2.88. The Labute approximate surface area is 90.0 Å². The van der Waals surface area contributed by atoms with Crippen LogP contribution in [0.1, 0.15) is 0 Å². The molecule has 2 aromatic rings. The van der Waals surface area contributed by atoms with Crippen molar-refractivity contribution in [3.63, 3.8) is 0 Å². The molecule has 12 heavy (non-hydrogen) atoms. The standard InChI is InChI=1S/C7H4Br2N2S/c8-3-1-4(9)6-5(2-3)11-7(10)12-6/h1-2H,(H2,10,11). The Morgan fingerprint density at radius 2 is 2.08 bits per heavy atom. The molecule has 0 aliphatic carbocycles. The van der Waals surface area contributed by atoms with Crippen LogP contribution in [0, 0.1) is 0 Å². The Morgan fingerprint density at radius 1 is 1.33 bits per heavy atom. The first-order valence-electron chi connectivity index (χ1n) is 3.18. The summed E-state index contributed by atoms with van der Waals surface area (Å²) in [4.78, 5) is 4.17. The topological polar surface area (TPSA) is 38.9 Å². The molecule has 0 atom stereocenters. The molecule has 0 radical (unpaired) electrons. The maximum atomic E-state index is 5.58. The summed E-state index contributed by atoms with van der Waals surface area (Å²) in [6.07, 6.45) is 0. The average Bonchev–Trinajstić information content (AvgIpc) is 2.29. The molecule has 0 spiro atoms. The number of hydrogen-bond acceptors (Lipinski definition) is 3. The molecule has 0 aliphatic heterocycles. The molecule has 5 heteroatoms. The molecule has 2 nitrogen and oxygen atoms in total. The van der Waals surface area contributed by atoms with E-state index in [2.05, 4.69) is 36.8 Å². The molecule has 1 heterocycles. The van der Waals surface area contributed by atoms with Crippen LogP contribution < -0.4 is 5.73 Å². The lowest BCUT2D eigenvalue weighted by molar-refractivity contribution is 1.49. The number of halogens is 2. The number of rotatable bonds is 0. The van der Waals surface area contributed by atoms with Crippen LogP contribution >= 0.6 is 43.2 Å². The molecule has 2 N–H and O–H groups in total. The van der Waals surface area contributed by atoms with Crippen molar-refractivity contribution in [1.29, 1.82) is 0 Å². The van der Waals surface area contributed by atoms with Gasteiger partial charge in [0, 0.05) is 8.95 Å². The fraction of sp³-hybridized carbons (Fsp3) is 0. The van der Waals surface area contributed by atoms with Gasteiger partial charge in [-0.15, -0.1) is 0 Å². The lowest BCUT2D eigenvalue weighted by atomic mass is 10.3. The Morgan fingerprint density at radius 3 is 2.83 bits per heavy atom. The zero-order valence-corrected chi connectivity index (χ0v) is 9.83. The van der Waals surface area contributed by atoms with E-state index in [0.29, 0.717) is 5.13 Å². The van der Waals surface area contributed by atoms with Gasteiger partial charge in [0.25, 0.3) is 0 Å². The van der Waals surface area contributed by atoms with Gasteiger partial charge < -0.3 is 5.73 Å². The summed E-state index contributed by atoms with van der Waals surface area (Å²) in [6.45, 7) is 0. The molecule has 1 aromatic carbocycles. The van der Waals surface area contributed by atoms with Crippen molar-refractivity contribution in [2.75, 3.05) is 5.73 Å². The Kier molecular flexibility index (Phi) is 2.10. The first kappa shape index (κ1) is 8.47. The van der Waals surface area contributed by atoms with E-state index in [1.165, 1.54) is 11.3 Å². The van der Waals surface area contributed by atoms with Crippen molar-refractivity contribution in [1.82, 2.24) is 4.98 Å². The van der Waals surface area contributed by atoms with Gasteiger partial charge in [-0.3, -0.25) is 0 Å². The normalized spacial score (nSPS) is 10.8. The third-order valence-corrected chi connectivity index (χ3v) is 3.71. The van der Waals surface area contributed by atoms with Crippen LogP contribution in [0.5, 0.6) is 0 Å². The Hall–Kier alpha value is -0.130. The number of hydrogen-bond donors (Lipinski definition) is 1. The molecule has 0 fully saturated rings. The molecular formula is C7H4Br2N2S. The van der Waals surface area contributed by atoms with Crippen LogP contribution in [0.15, 0.2) is 21.1 Å². The van der Waals surface area contributed by atoms with Crippen LogP contribution in [-0.4, -0.2) is 4.98 Å². The number of fused-ring (bicyclic) bond motifs is 1. The summed E-state index contributed by atoms with van der Waals surface area (Å²) in [5, 5.41) is 0.601. The monoisotopic (exact) mass is 306 g/mol. The predicted molar refractivity (Wildman–Crippen MR) is 59.4 cm³/mol. The number of nitrogens with zero attached hydrogens (tertiary/aromatic N) is 1. The van der Waals surface area contributed by atoms with E-state index >= 15 is 0 Å². The lowest BCUT2D eigenvalue weighted by Crippen LogP contribution is -1.78. The van der Waals surface area contributed by atoms with Crippen LogP contribution in [0.25, 0.3) is 10.2 Å². The summed E-state index contributed by atoms with van der Waals surface area (Å²) < 4.78 is 3.13. The van der Waals surface area contributed by atoms with Gasteiger partial charge in [0.05, 0.1) is 10.2 Å². The van der Waals surface area contributed by atoms with E-state index in [-0.39, 0.29) is 0 Å². The Bertz CT molecular complexity index is 438. The number of aromatic nitrogens is 1. The molecule has 0 unspecified atom stereocenters. The van der Waals surface area contributed by atoms with Crippen molar-refractivity contribution in [3.05, 3.63) is 21.1 Å². The number of nitrogen functional groups attached to an aromatic ring is 1. The maximum Gasteiger partial charge on any atom is 0.181 e. The van der Waals surface area contributed by atoms with Gasteiger partial charge in [-0.25, -0.2) is 4.98 Å². The van der Waals surface area contributed by atoms with Gasteiger partial charge in [-0.1, -0.05) is 27.3 Å². The first-order valence-corrected chi connectivity index (χ1v) is 5.58.